The first-order valence-corrected chi connectivity index (χ1v) is 10.9. The number of hydrogen-bond donors (Lipinski definition) is 1. The van der Waals surface area contributed by atoms with Crippen molar-refractivity contribution in [1.82, 2.24) is 5.43 Å². The zero-order valence-electron chi connectivity index (χ0n) is 16.4. The normalized spacial score (nSPS) is 12.1. The molecule has 1 amide bonds. The monoisotopic (exact) mass is 534 g/mol. The SMILES string of the molecule is CC(Oc1ccc(Cl)cc1Cl)C(=O)NN=Cc1ccc(COc2c(Cl)cc(Cl)cc2Cl)o1. The van der Waals surface area contributed by atoms with Gasteiger partial charge in [-0.2, -0.15) is 5.10 Å². The average molecular weight is 537 g/mol. The molecule has 11 heteroatoms. The van der Waals surface area contributed by atoms with Gasteiger partial charge in [-0.05, 0) is 49.4 Å². The first-order valence-electron chi connectivity index (χ1n) is 9.03. The molecule has 1 N–H and O–H groups in total. The van der Waals surface area contributed by atoms with Crippen LogP contribution in [0.25, 0.3) is 0 Å². The number of halogens is 5. The number of hydrazone groups is 1. The molecule has 1 heterocycles. The Morgan fingerprint density at radius 2 is 1.72 bits per heavy atom. The number of nitrogens with one attached hydrogen (secondary N) is 1. The number of hydrogen-bond acceptors (Lipinski definition) is 5. The number of furan rings is 1. The predicted octanol–water partition coefficient (Wildman–Crippen LogP) is 7.04. The highest BCUT2D eigenvalue weighted by molar-refractivity contribution is 6.40. The van der Waals surface area contributed by atoms with Crippen molar-refractivity contribution in [2.45, 2.75) is 19.6 Å². The van der Waals surface area contributed by atoms with Crippen LogP contribution in [0.15, 0.2) is 52.0 Å². The highest BCUT2D eigenvalue weighted by Gasteiger charge is 2.16. The second-order valence-electron chi connectivity index (χ2n) is 6.36. The summed E-state index contributed by atoms with van der Waals surface area (Å²) in [5.74, 6) is 1.04. The molecule has 0 radical (unpaired) electrons. The summed E-state index contributed by atoms with van der Waals surface area (Å²) in [6.45, 7) is 1.64. The highest BCUT2D eigenvalue weighted by atomic mass is 35.5. The van der Waals surface area contributed by atoms with Gasteiger partial charge in [0, 0.05) is 10.0 Å². The third-order valence-corrected chi connectivity index (χ3v) is 5.25. The molecule has 6 nitrogen and oxygen atoms in total. The molecule has 0 aliphatic rings. The smallest absolute Gasteiger partial charge is 0.280 e. The van der Waals surface area contributed by atoms with E-state index >= 15 is 0 Å². The van der Waals surface area contributed by atoms with E-state index in [1.807, 2.05) is 0 Å². The van der Waals surface area contributed by atoms with E-state index in [9.17, 15) is 4.79 Å². The first-order chi connectivity index (χ1) is 15.2. The standard InChI is InChI=1S/C21H15Cl5N2O4/c1-11(31-19-5-2-12(22)6-16(19)24)21(29)28-27-9-14-3-4-15(32-14)10-30-20-17(25)7-13(23)8-18(20)26/h2-9,11H,10H2,1H3,(H,28,29). The van der Waals surface area contributed by atoms with Crippen LogP contribution >= 0.6 is 58.0 Å². The fourth-order valence-electron chi connectivity index (χ4n) is 2.42. The van der Waals surface area contributed by atoms with Gasteiger partial charge in [-0.25, -0.2) is 5.43 Å². The molecule has 1 unspecified atom stereocenters. The van der Waals surface area contributed by atoms with Gasteiger partial charge in [0.05, 0.1) is 21.3 Å². The summed E-state index contributed by atoms with van der Waals surface area (Å²) in [6.07, 6.45) is 0.492. The van der Waals surface area contributed by atoms with Gasteiger partial charge in [0.25, 0.3) is 5.91 Å². The van der Waals surface area contributed by atoms with Crippen LogP contribution in [0.4, 0.5) is 0 Å². The molecule has 0 spiro atoms. The highest BCUT2D eigenvalue weighted by Crippen LogP contribution is 2.36. The van der Waals surface area contributed by atoms with E-state index in [1.165, 1.54) is 24.4 Å². The van der Waals surface area contributed by atoms with Crippen molar-refractivity contribution in [1.29, 1.82) is 0 Å². The zero-order valence-corrected chi connectivity index (χ0v) is 20.2. The Balaban J connectivity index is 1.51. The van der Waals surface area contributed by atoms with Crippen molar-refractivity contribution >= 4 is 70.1 Å². The maximum atomic E-state index is 12.2. The molecule has 168 valence electrons. The molecule has 1 atom stereocenters. The summed E-state index contributed by atoms with van der Waals surface area (Å²) < 4.78 is 16.7. The fraction of sp³-hybridized carbons (Fsp3) is 0.143. The van der Waals surface area contributed by atoms with Gasteiger partial charge in [0.1, 0.15) is 23.9 Å². The fourth-order valence-corrected chi connectivity index (χ4v) is 3.80. The molecule has 3 aromatic rings. The van der Waals surface area contributed by atoms with Gasteiger partial charge in [0.15, 0.2) is 11.9 Å². The van der Waals surface area contributed by atoms with Gasteiger partial charge in [-0.15, -0.1) is 0 Å². The average Bonchev–Trinajstić information content (AvgIpc) is 3.16. The quantitative estimate of drug-likeness (QED) is 0.248. The minimum absolute atomic E-state index is 0.0774. The lowest BCUT2D eigenvalue weighted by Gasteiger charge is -2.14. The maximum absolute atomic E-state index is 12.2. The summed E-state index contributed by atoms with van der Waals surface area (Å²) in [6, 6.07) is 11.1. The molecule has 0 bridgehead atoms. The van der Waals surface area contributed by atoms with Gasteiger partial charge in [-0.3, -0.25) is 4.79 Å². The van der Waals surface area contributed by atoms with E-state index in [0.717, 1.165) is 0 Å². The number of ether oxygens (including phenoxy) is 2. The van der Waals surface area contributed by atoms with Crippen LogP contribution in [0.1, 0.15) is 18.4 Å². The van der Waals surface area contributed by atoms with E-state index in [2.05, 4.69) is 10.5 Å². The number of carbonyl (C=O) groups excluding carboxylic acids is 1. The van der Waals surface area contributed by atoms with Crippen molar-refractivity contribution in [2.75, 3.05) is 0 Å². The van der Waals surface area contributed by atoms with Crippen LogP contribution in [0.3, 0.4) is 0 Å². The lowest BCUT2D eigenvalue weighted by Crippen LogP contribution is -2.33. The molecular weight excluding hydrogens is 522 g/mol. The van der Waals surface area contributed by atoms with Crippen molar-refractivity contribution < 1.29 is 18.7 Å². The third kappa shape index (κ3) is 6.70. The first kappa shape index (κ1) is 24.6. The number of rotatable bonds is 8. The zero-order chi connectivity index (χ0) is 23.3. The van der Waals surface area contributed by atoms with Crippen molar-refractivity contribution in [2.24, 2.45) is 5.10 Å². The van der Waals surface area contributed by atoms with Crippen molar-refractivity contribution in [3.8, 4) is 11.5 Å². The Bertz CT molecular complexity index is 1130. The van der Waals surface area contributed by atoms with Crippen molar-refractivity contribution in [3.05, 3.63) is 79.1 Å². The lowest BCUT2D eigenvalue weighted by molar-refractivity contribution is -0.127. The third-order valence-electron chi connectivity index (χ3n) is 3.94. The molecule has 1 aromatic heterocycles. The lowest BCUT2D eigenvalue weighted by atomic mass is 10.3. The van der Waals surface area contributed by atoms with Gasteiger partial charge < -0.3 is 13.9 Å². The second kappa shape index (κ2) is 11.2. The number of benzene rings is 2. The van der Waals surface area contributed by atoms with Crippen LogP contribution in [-0.2, 0) is 11.4 Å². The molecule has 0 aliphatic heterocycles. The summed E-state index contributed by atoms with van der Waals surface area (Å²) in [4.78, 5) is 12.2. The molecule has 0 saturated heterocycles. The Kier molecular flexibility index (Phi) is 8.57. The largest absolute Gasteiger partial charge is 0.483 e. The maximum Gasteiger partial charge on any atom is 0.280 e. The topological polar surface area (TPSA) is 73.1 Å². The van der Waals surface area contributed by atoms with E-state index in [-0.39, 0.29) is 16.7 Å². The second-order valence-corrected chi connectivity index (χ2v) is 8.45. The Labute approximate surface area is 208 Å². The van der Waals surface area contributed by atoms with Crippen LogP contribution in [0.5, 0.6) is 11.5 Å². The van der Waals surface area contributed by atoms with E-state index in [1.54, 1.807) is 31.2 Å². The Hall–Kier alpha value is -2.09. The number of nitrogens with zero attached hydrogens (tertiary/aromatic N) is 1. The predicted molar refractivity (Wildman–Crippen MR) is 127 cm³/mol. The Morgan fingerprint density at radius 1 is 1.03 bits per heavy atom. The number of carbonyl (C=O) groups is 1. The van der Waals surface area contributed by atoms with Gasteiger partial charge >= 0.3 is 0 Å². The summed E-state index contributed by atoms with van der Waals surface area (Å²) >= 11 is 29.9. The van der Waals surface area contributed by atoms with Crippen LogP contribution in [0, 0.1) is 0 Å². The van der Waals surface area contributed by atoms with Crippen LogP contribution in [0.2, 0.25) is 25.1 Å². The van der Waals surface area contributed by atoms with Crippen LogP contribution in [-0.4, -0.2) is 18.2 Å². The minimum Gasteiger partial charge on any atom is -0.483 e. The van der Waals surface area contributed by atoms with E-state index < -0.39 is 12.0 Å². The van der Waals surface area contributed by atoms with E-state index in [4.69, 9.17) is 71.9 Å². The number of amides is 1. The Morgan fingerprint density at radius 3 is 2.41 bits per heavy atom. The van der Waals surface area contributed by atoms with Crippen LogP contribution < -0.4 is 14.9 Å². The molecule has 0 aliphatic carbocycles. The summed E-state index contributed by atoms with van der Waals surface area (Å²) in [7, 11) is 0. The molecule has 0 saturated carbocycles. The summed E-state index contributed by atoms with van der Waals surface area (Å²) in [5.41, 5.74) is 2.37. The molecule has 32 heavy (non-hydrogen) atoms. The molecule has 3 rings (SSSR count). The summed E-state index contributed by atoms with van der Waals surface area (Å²) in [5, 5.41) is 5.60. The molecule has 2 aromatic carbocycles. The van der Waals surface area contributed by atoms with Crippen molar-refractivity contribution in [3.63, 3.8) is 0 Å². The molecular formula is C21H15Cl5N2O4. The minimum atomic E-state index is -0.847. The van der Waals surface area contributed by atoms with Gasteiger partial charge in [0.2, 0.25) is 0 Å². The van der Waals surface area contributed by atoms with E-state index in [0.29, 0.717) is 38.1 Å². The molecule has 0 fully saturated rings. The van der Waals surface area contributed by atoms with Gasteiger partial charge in [-0.1, -0.05) is 58.0 Å².